The lowest BCUT2D eigenvalue weighted by Crippen LogP contribution is -2.55. The van der Waals surface area contributed by atoms with Gasteiger partial charge in [-0.3, -0.25) is 0 Å². The molecule has 0 radical (unpaired) electrons. The van der Waals surface area contributed by atoms with Crippen LogP contribution < -0.4 is 9.47 Å². The van der Waals surface area contributed by atoms with Gasteiger partial charge in [0.05, 0.1) is 18.2 Å². The maximum absolute atomic E-state index is 13.4. The van der Waals surface area contributed by atoms with Crippen LogP contribution >= 0.6 is 0 Å². The Bertz CT molecular complexity index is 1360. The second-order valence-electron chi connectivity index (χ2n) is 9.11. The van der Waals surface area contributed by atoms with Gasteiger partial charge in [-0.25, -0.2) is 9.79 Å². The quantitative estimate of drug-likeness (QED) is 0.405. The van der Waals surface area contributed by atoms with Gasteiger partial charge >= 0.3 is 12.3 Å². The topological polar surface area (TPSA) is 63.6 Å². The number of carbonyl (C=O) groups is 1. The Balaban J connectivity index is 1.42. The minimum Gasteiger partial charge on any atom is -0.497 e. The van der Waals surface area contributed by atoms with E-state index in [1.807, 2.05) is 42.2 Å². The summed E-state index contributed by atoms with van der Waals surface area (Å²) in [4.78, 5) is 21.1. The molecule has 1 fully saturated rings. The van der Waals surface area contributed by atoms with Crippen molar-refractivity contribution >= 4 is 17.6 Å². The van der Waals surface area contributed by atoms with E-state index in [2.05, 4.69) is 4.99 Å². The first-order chi connectivity index (χ1) is 18.2. The van der Waals surface area contributed by atoms with Gasteiger partial charge in [0.1, 0.15) is 29.6 Å². The van der Waals surface area contributed by atoms with Crippen molar-refractivity contribution in [2.45, 2.75) is 25.7 Å². The molecule has 2 heterocycles. The van der Waals surface area contributed by atoms with Crippen LogP contribution in [-0.4, -0.2) is 54.5 Å². The van der Waals surface area contributed by atoms with Gasteiger partial charge < -0.3 is 24.0 Å². The summed E-state index contributed by atoms with van der Waals surface area (Å²) in [6.07, 6.45) is -4.94. The Morgan fingerprint density at radius 1 is 1.05 bits per heavy atom. The zero-order valence-corrected chi connectivity index (χ0v) is 20.9. The van der Waals surface area contributed by atoms with Crippen LogP contribution in [0.3, 0.4) is 0 Å². The van der Waals surface area contributed by atoms with Crippen LogP contribution in [-0.2, 0) is 17.5 Å². The van der Waals surface area contributed by atoms with Crippen molar-refractivity contribution in [1.82, 2.24) is 9.80 Å². The second kappa shape index (κ2) is 10.3. The molecular weight excluding hydrogens is 499 g/mol. The van der Waals surface area contributed by atoms with Gasteiger partial charge in [-0.15, -0.1) is 0 Å². The Morgan fingerprint density at radius 3 is 2.53 bits per heavy atom. The Kier molecular flexibility index (Phi) is 6.88. The van der Waals surface area contributed by atoms with Crippen molar-refractivity contribution in [1.29, 1.82) is 0 Å². The van der Waals surface area contributed by atoms with Crippen LogP contribution in [0.2, 0.25) is 0 Å². The first-order valence-electron chi connectivity index (χ1n) is 12.1. The Labute approximate surface area is 218 Å². The zero-order chi connectivity index (χ0) is 26.9. The molecule has 0 aromatic heterocycles. The van der Waals surface area contributed by atoms with Crippen molar-refractivity contribution < 1.29 is 32.2 Å². The molecular formula is C28H26F3N3O4. The standard InChI is InChI=1S/C28H26F3N3O4/c1-18-16-33(12-13-34(18)27(35)37-17-19-6-4-3-5-7-19)26-22-15-21(36-2)9-11-24(22)38-25-10-8-20(28(29,30)31)14-23(25)32-26/h3-11,14-15,18H,12-13,16-17H2,1-2H3/t18-/m0/s1. The average Bonchev–Trinajstić information content (AvgIpc) is 3.07. The van der Waals surface area contributed by atoms with E-state index >= 15 is 0 Å². The lowest BCUT2D eigenvalue weighted by atomic mass is 10.1. The van der Waals surface area contributed by atoms with Crippen LogP contribution in [0.15, 0.2) is 71.7 Å². The number of fused-ring (bicyclic) bond motifs is 2. The van der Waals surface area contributed by atoms with Crippen molar-refractivity contribution in [3.63, 3.8) is 0 Å². The summed E-state index contributed by atoms with van der Waals surface area (Å²) in [5, 5.41) is 0. The van der Waals surface area contributed by atoms with Gasteiger partial charge in [0.15, 0.2) is 5.75 Å². The van der Waals surface area contributed by atoms with E-state index in [4.69, 9.17) is 14.2 Å². The Hall–Kier alpha value is -4.21. The number of piperazine rings is 1. The highest BCUT2D eigenvalue weighted by Crippen LogP contribution is 2.42. The van der Waals surface area contributed by atoms with Crippen LogP contribution in [0.4, 0.5) is 23.7 Å². The molecule has 0 aliphatic carbocycles. The number of hydrogen-bond acceptors (Lipinski definition) is 6. The molecule has 198 valence electrons. The van der Waals surface area contributed by atoms with Gasteiger partial charge in [0, 0.05) is 25.7 Å². The molecule has 5 rings (SSSR count). The molecule has 0 N–H and O–H groups in total. The third-order valence-corrected chi connectivity index (χ3v) is 6.53. The van der Waals surface area contributed by atoms with Gasteiger partial charge in [-0.2, -0.15) is 13.2 Å². The van der Waals surface area contributed by atoms with Crippen LogP contribution in [0.1, 0.15) is 23.6 Å². The zero-order valence-electron chi connectivity index (χ0n) is 20.9. The second-order valence-corrected chi connectivity index (χ2v) is 9.11. The first kappa shape index (κ1) is 25.4. The van der Waals surface area contributed by atoms with E-state index in [-0.39, 0.29) is 24.1 Å². The number of benzene rings is 3. The minimum absolute atomic E-state index is 0.0716. The maximum atomic E-state index is 13.4. The molecule has 0 bridgehead atoms. The number of carbonyl (C=O) groups excluding carboxylic acids is 1. The van der Waals surface area contributed by atoms with Crippen LogP contribution in [0.25, 0.3) is 0 Å². The van der Waals surface area contributed by atoms with E-state index in [0.29, 0.717) is 42.5 Å². The van der Waals surface area contributed by atoms with Crippen molar-refractivity contribution in [3.05, 3.63) is 83.4 Å². The SMILES string of the molecule is COc1ccc2c(c1)C(N1CCN(C(=O)OCc3ccccc3)[C@@H](C)C1)=Nc1cc(C(F)(F)F)ccc1O2. The largest absolute Gasteiger partial charge is 0.497 e. The monoisotopic (exact) mass is 525 g/mol. The molecule has 3 aromatic carbocycles. The number of nitrogens with zero attached hydrogens (tertiary/aromatic N) is 3. The number of rotatable bonds is 3. The maximum Gasteiger partial charge on any atom is 0.416 e. The third-order valence-electron chi connectivity index (χ3n) is 6.53. The van der Waals surface area contributed by atoms with Crippen LogP contribution in [0, 0.1) is 0 Å². The van der Waals surface area contributed by atoms with Crippen molar-refractivity contribution in [2.75, 3.05) is 26.7 Å². The number of alkyl halides is 3. The normalized spacial score (nSPS) is 17.0. The van der Waals surface area contributed by atoms with Gasteiger partial charge in [-0.1, -0.05) is 30.3 Å². The summed E-state index contributed by atoms with van der Waals surface area (Å²) in [5.74, 6) is 1.66. The molecule has 7 nitrogen and oxygen atoms in total. The summed E-state index contributed by atoms with van der Waals surface area (Å²) in [5.41, 5.74) is 0.733. The smallest absolute Gasteiger partial charge is 0.416 e. The number of amides is 1. The molecule has 10 heteroatoms. The van der Waals surface area contributed by atoms with Gasteiger partial charge in [0.25, 0.3) is 0 Å². The first-order valence-corrected chi connectivity index (χ1v) is 12.1. The predicted molar refractivity (Wildman–Crippen MR) is 135 cm³/mol. The number of methoxy groups -OCH3 is 1. The third kappa shape index (κ3) is 5.25. The number of hydrogen-bond donors (Lipinski definition) is 0. The van der Waals surface area contributed by atoms with E-state index in [9.17, 15) is 18.0 Å². The number of halogens is 3. The summed E-state index contributed by atoms with van der Waals surface area (Å²) in [6, 6.07) is 17.6. The molecule has 2 aliphatic rings. The highest BCUT2D eigenvalue weighted by atomic mass is 19.4. The Morgan fingerprint density at radius 2 is 1.82 bits per heavy atom. The van der Waals surface area contributed by atoms with E-state index in [1.54, 1.807) is 23.1 Å². The molecule has 1 amide bonds. The molecule has 0 spiro atoms. The molecule has 0 saturated carbocycles. The lowest BCUT2D eigenvalue weighted by molar-refractivity contribution is -0.137. The fourth-order valence-corrected chi connectivity index (χ4v) is 4.52. The highest BCUT2D eigenvalue weighted by molar-refractivity contribution is 6.04. The molecule has 1 atom stereocenters. The summed E-state index contributed by atoms with van der Waals surface area (Å²) in [7, 11) is 1.53. The average molecular weight is 526 g/mol. The fraction of sp³-hybridized carbons (Fsp3) is 0.286. The van der Waals surface area contributed by atoms with Gasteiger partial charge in [0.2, 0.25) is 0 Å². The van der Waals surface area contributed by atoms with Gasteiger partial charge in [-0.05, 0) is 48.9 Å². The molecule has 1 saturated heterocycles. The van der Waals surface area contributed by atoms with E-state index in [0.717, 1.165) is 17.7 Å². The van der Waals surface area contributed by atoms with E-state index in [1.165, 1.54) is 13.2 Å². The summed E-state index contributed by atoms with van der Waals surface area (Å²) >= 11 is 0. The molecule has 0 unspecified atom stereocenters. The molecule has 38 heavy (non-hydrogen) atoms. The summed E-state index contributed by atoms with van der Waals surface area (Å²) in [6.45, 7) is 3.20. The lowest BCUT2D eigenvalue weighted by Gasteiger charge is -2.40. The fourth-order valence-electron chi connectivity index (χ4n) is 4.52. The number of amidine groups is 1. The van der Waals surface area contributed by atoms with Crippen molar-refractivity contribution in [2.24, 2.45) is 4.99 Å². The number of ether oxygens (including phenoxy) is 3. The van der Waals surface area contributed by atoms with Crippen molar-refractivity contribution in [3.8, 4) is 17.2 Å². The summed E-state index contributed by atoms with van der Waals surface area (Å²) < 4.78 is 57.2. The molecule has 2 aliphatic heterocycles. The number of aliphatic imine (C=N–C) groups is 1. The van der Waals surface area contributed by atoms with Crippen LogP contribution in [0.5, 0.6) is 17.2 Å². The van der Waals surface area contributed by atoms with E-state index < -0.39 is 17.8 Å². The minimum atomic E-state index is -4.52. The highest BCUT2D eigenvalue weighted by Gasteiger charge is 2.34. The molecule has 3 aromatic rings. The predicted octanol–water partition coefficient (Wildman–Crippen LogP) is 6.24.